The molecule has 0 spiro atoms. The Morgan fingerprint density at radius 3 is 2.70 bits per heavy atom. The van der Waals surface area contributed by atoms with Gasteiger partial charge in [-0.1, -0.05) is 41.9 Å². The van der Waals surface area contributed by atoms with Crippen molar-refractivity contribution in [2.45, 2.75) is 12.5 Å². The normalized spacial score (nSPS) is 12.3. The number of nitrogens with one attached hydrogen (secondary N) is 2. The van der Waals surface area contributed by atoms with Gasteiger partial charge in [-0.2, -0.15) is 0 Å². The molecule has 0 aliphatic carbocycles. The van der Waals surface area contributed by atoms with Gasteiger partial charge in [0.1, 0.15) is 5.69 Å². The highest BCUT2D eigenvalue weighted by molar-refractivity contribution is 6.31. The van der Waals surface area contributed by atoms with Crippen LogP contribution in [0.5, 0.6) is 0 Å². The first-order valence-corrected chi connectivity index (χ1v) is 7.77. The number of carbonyl (C=O) groups is 1. The number of hydrogen-bond acceptors (Lipinski definition) is 2. The van der Waals surface area contributed by atoms with E-state index in [1.165, 1.54) is 0 Å². The molecule has 0 aliphatic heterocycles. The number of amides is 1. The zero-order chi connectivity index (χ0) is 16.2. The lowest BCUT2D eigenvalue weighted by Crippen LogP contribution is -2.39. The van der Waals surface area contributed by atoms with Crippen LogP contribution in [0, 0.1) is 0 Å². The van der Waals surface area contributed by atoms with Crippen LogP contribution in [-0.2, 0) is 6.42 Å². The minimum absolute atomic E-state index is 0.118. The fraction of sp³-hybridized carbons (Fsp3) is 0.167. The number of hydrogen-bond donors (Lipinski definition) is 3. The number of carbonyl (C=O) groups excluding carboxylic acids is 1. The van der Waals surface area contributed by atoms with Crippen molar-refractivity contribution in [3.05, 3.63) is 70.9 Å². The third-order valence-electron chi connectivity index (χ3n) is 3.71. The Morgan fingerprint density at radius 2 is 1.96 bits per heavy atom. The Labute approximate surface area is 139 Å². The Balaban J connectivity index is 1.73. The number of aliphatic hydroxyl groups is 1. The molecule has 1 atom stereocenters. The van der Waals surface area contributed by atoms with E-state index in [1.54, 1.807) is 18.2 Å². The molecule has 0 aliphatic rings. The number of rotatable bonds is 5. The molecule has 0 saturated heterocycles. The van der Waals surface area contributed by atoms with Crippen LogP contribution in [0.25, 0.3) is 10.9 Å². The standard InChI is InChI=1S/C18H17ClN2O2/c19-14-6-7-16-13(9-14)10-17(21-16)18(23)20-15(11-22)8-12-4-2-1-3-5-12/h1-7,9-10,15,21-22H,8,11H2,(H,20,23)/t15-/m0/s1. The molecule has 3 N–H and O–H groups in total. The Bertz CT molecular complexity index is 814. The van der Waals surface area contributed by atoms with Crippen LogP contribution in [0.3, 0.4) is 0 Å². The predicted octanol–water partition coefficient (Wildman–Crippen LogP) is 3.15. The second-order valence-electron chi connectivity index (χ2n) is 5.46. The van der Waals surface area contributed by atoms with Crippen molar-refractivity contribution in [3.8, 4) is 0 Å². The molecule has 23 heavy (non-hydrogen) atoms. The zero-order valence-electron chi connectivity index (χ0n) is 12.4. The molecule has 0 unspecified atom stereocenters. The maximum absolute atomic E-state index is 12.4. The van der Waals surface area contributed by atoms with Crippen molar-refractivity contribution in [1.82, 2.24) is 10.3 Å². The van der Waals surface area contributed by atoms with E-state index in [0.29, 0.717) is 17.1 Å². The Kier molecular flexibility index (Phi) is 4.65. The molecule has 118 valence electrons. The first-order valence-electron chi connectivity index (χ1n) is 7.39. The van der Waals surface area contributed by atoms with E-state index in [4.69, 9.17) is 11.6 Å². The van der Waals surface area contributed by atoms with E-state index < -0.39 is 0 Å². The first kappa shape index (κ1) is 15.6. The monoisotopic (exact) mass is 328 g/mol. The summed E-state index contributed by atoms with van der Waals surface area (Å²) in [5, 5.41) is 13.9. The summed E-state index contributed by atoms with van der Waals surface area (Å²) < 4.78 is 0. The summed E-state index contributed by atoms with van der Waals surface area (Å²) in [6.45, 7) is -0.118. The third kappa shape index (κ3) is 3.73. The van der Waals surface area contributed by atoms with Gasteiger partial charge in [0, 0.05) is 15.9 Å². The van der Waals surface area contributed by atoms with Gasteiger partial charge in [0.15, 0.2) is 0 Å². The molecule has 2 aromatic carbocycles. The van der Waals surface area contributed by atoms with Crippen LogP contribution in [0.2, 0.25) is 5.02 Å². The van der Waals surface area contributed by atoms with E-state index in [2.05, 4.69) is 10.3 Å². The Morgan fingerprint density at radius 1 is 1.17 bits per heavy atom. The Hall–Kier alpha value is -2.30. The van der Waals surface area contributed by atoms with Crippen LogP contribution < -0.4 is 5.32 Å². The van der Waals surface area contributed by atoms with Gasteiger partial charge < -0.3 is 15.4 Å². The van der Waals surface area contributed by atoms with Crippen molar-refractivity contribution in [2.75, 3.05) is 6.61 Å². The van der Waals surface area contributed by atoms with Crippen molar-refractivity contribution in [2.24, 2.45) is 0 Å². The molecule has 3 aromatic rings. The van der Waals surface area contributed by atoms with E-state index in [-0.39, 0.29) is 18.6 Å². The maximum atomic E-state index is 12.4. The summed E-state index contributed by atoms with van der Waals surface area (Å²) in [5.41, 5.74) is 2.37. The molecule has 4 nitrogen and oxygen atoms in total. The highest BCUT2D eigenvalue weighted by Crippen LogP contribution is 2.20. The van der Waals surface area contributed by atoms with Crippen LogP contribution in [0.15, 0.2) is 54.6 Å². The molecule has 1 heterocycles. The molecule has 0 saturated carbocycles. The number of aromatic amines is 1. The number of halogens is 1. The van der Waals surface area contributed by atoms with Crippen molar-refractivity contribution in [1.29, 1.82) is 0 Å². The van der Waals surface area contributed by atoms with Gasteiger partial charge in [-0.15, -0.1) is 0 Å². The van der Waals surface area contributed by atoms with E-state index >= 15 is 0 Å². The number of benzene rings is 2. The van der Waals surface area contributed by atoms with Crippen LogP contribution in [0.1, 0.15) is 16.1 Å². The maximum Gasteiger partial charge on any atom is 0.268 e. The first-order chi connectivity index (χ1) is 11.2. The lowest BCUT2D eigenvalue weighted by atomic mass is 10.1. The number of H-pyrrole nitrogens is 1. The molecular formula is C18H17ClN2O2. The van der Waals surface area contributed by atoms with Gasteiger partial charge in [-0.05, 0) is 36.2 Å². The van der Waals surface area contributed by atoms with Crippen molar-refractivity contribution < 1.29 is 9.90 Å². The summed E-state index contributed by atoms with van der Waals surface area (Å²) in [4.78, 5) is 15.4. The van der Waals surface area contributed by atoms with Crippen LogP contribution in [-0.4, -0.2) is 28.6 Å². The molecule has 0 radical (unpaired) electrons. The second kappa shape index (κ2) is 6.86. The van der Waals surface area contributed by atoms with E-state index in [9.17, 15) is 9.90 Å². The minimum Gasteiger partial charge on any atom is -0.394 e. The lowest BCUT2D eigenvalue weighted by Gasteiger charge is -2.15. The quantitative estimate of drug-likeness (QED) is 0.673. The van der Waals surface area contributed by atoms with Crippen molar-refractivity contribution in [3.63, 3.8) is 0 Å². The molecule has 1 aromatic heterocycles. The van der Waals surface area contributed by atoms with Crippen LogP contribution in [0.4, 0.5) is 0 Å². The van der Waals surface area contributed by atoms with Gasteiger partial charge >= 0.3 is 0 Å². The summed E-state index contributed by atoms with van der Waals surface area (Å²) in [7, 11) is 0. The summed E-state index contributed by atoms with van der Waals surface area (Å²) in [5.74, 6) is -0.243. The number of aliphatic hydroxyl groups excluding tert-OH is 1. The second-order valence-corrected chi connectivity index (χ2v) is 5.89. The topological polar surface area (TPSA) is 65.1 Å². The van der Waals surface area contributed by atoms with E-state index in [1.807, 2.05) is 36.4 Å². The largest absolute Gasteiger partial charge is 0.394 e. The summed E-state index contributed by atoms with van der Waals surface area (Å²) in [6.07, 6.45) is 0.579. The highest BCUT2D eigenvalue weighted by Gasteiger charge is 2.15. The zero-order valence-corrected chi connectivity index (χ0v) is 13.2. The minimum atomic E-state index is -0.333. The van der Waals surface area contributed by atoms with Crippen LogP contribution >= 0.6 is 11.6 Å². The van der Waals surface area contributed by atoms with Crippen molar-refractivity contribution >= 4 is 28.4 Å². The van der Waals surface area contributed by atoms with Gasteiger partial charge in [0.25, 0.3) is 5.91 Å². The lowest BCUT2D eigenvalue weighted by molar-refractivity contribution is 0.0912. The molecule has 5 heteroatoms. The molecule has 1 amide bonds. The highest BCUT2D eigenvalue weighted by atomic mass is 35.5. The van der Waals surface area contributed by atoms with Gasteiger partial charge in [0.05, 0.1) is 12.6 Å². The van der Waals surface area contributed by atoms with Gasteiger partial charge in [-0.3, -0.25) is 4.79 Å². The average molecular weight is 329 g/mol. The predicted molar refractivity (Wildman–Crippen MR) is 91.8 cm³/mol. The number of fused-ring (bicyclic) bond motifs is 1. The molecular weight excluding hydrogens is 312 g/mol. The average Bonchev–Trinajstić information content (AvgIpc) is 2.98. The smallest absolute Gasteiger partial charge is 0.268 e. The SMILES string of the molecule is O=C(N[C@H](CO)Cc1ccccc1)c1cc2cc(Cl)ccc2[nH]1. The number of aromatic nitrogens is 1. The summed E-state index contributed by atoms with van der Waals surface area (Å²) in [6, 6.07) is 16.6. The fourth-order valence-electron chi connectivity index (χ4n) is 2.55. The van der Waals surface area contributed by atoms with Gasteiger partial charge in [0.2, 0.25) is 0 Å². The molecule has 0 fully saturated rings. The molecule has 0 bridgehead atoms. The fourth-order valence-corrected chi connectivity index (χ4v) is 2.73. The van der Waals surface area contributed by atoms with E-state index in [0.717, 1.165) is 16.5 Å². The molecule has 3 rings (SSSR count). The third-order valence-corrected chi connectivity index (χ3v) is 3.94. The van der Waals surface area contributed by atoms with Gasteiger partial charge in [-0.25, -0.2) is 0 Å². The summed E-state index contributed by atoms with van der Waals surface area (Å²) >= 11 is 5.96.